The zero-order valence-electron chi connectivity index (χ0n) is 14.7. The summed E-state index contributed by atoms with van der Waals surface area (Å²) in [7, 11) is 0. The molecule has 0 aliphatic carbocycles. The summed E-state index contributed by atoms with van der Waals surface area (Å²) in [6, 6.07) is 9.89. The summed E-state index contributed by atoms with van der Waals surface area (Å²) in [4.78, 5) is 16.5. The van der Waals surface area contributed by atoms with Crippen LogP contribution in [0.2, 0.25) is 5.02 Å². The summed E-state index contributed by atoms with van der Waals surface area (Å²) >= 11 is 6.26. The number of aromatic nitrogens is 2. The summed E-state index contributed by atoms with van der Waals surface area (Å²) in [6.07, 6.45) is 1.66. The van der Waals surface area contributed by atoms with Gasteiger partial charge >= 0.3 is 6.03 Å². The van der Waals surface area contributed by atoms with E-state index in [2.05, 4.69) is 26.1 Å². The van der Waals surface area contributed by atoms with Gasteiger partial charge in [-0.15, -0.1) is 0 Å². The van der Waals surface area contributed by atoms with Gasteiger partial charge in [0.2, 0.25) is 0 Å². The number of nitrogens with zero attached hydrogens (tertiary/aromatic N) is 2. The lowest BCUT2D eigenvalue weighted by molar-refractivity contribution is 0.262. The van der Waals surface area contributed by atoms with Gasteiger partial charge in [-0.25, -0.2) is 9.78 Å². The molecular weight excluding hydrogens is 370 g/mol. The van der Waals surface area contributed by atoms with Crippen LogP contribution in [0, 0.1) is 6.92 Å². The second-order valence-corrected chi connectivity index (χ2v) is 5.91. The van der Waals surface area contributed by atoms with Gasteiger partial charge < -0.3 is 19.9 Å². The fourth-order valence-corrected chi connectivity index (χ4v) is 2.51. The van der Waals surface area contributed by atoms with E-state index in [1.165, 1.54) is 0 Å². The third-order valence-electron chi connectivity index (χ3n) is 3.42. The lowest BCUT2D eigenvalue weighted by Crippen LogP contribution is -2.20. The first kappa shape index (κ1) is 18.5. The van der Waals surface area contributed by atoms with Crippen LogP contribution < -0.4 is 20.7 Å². The number of carbonyl (C=O) groups excluding carboxylic acids is 1. The van der Waals surface area contributed by atoms with Crippen molar-refractivity contribution in [2.24, 2.45) is 0 Å². The summed E-state index contributed by atoms with van der Waals surface area (Å²) in [5, 5.41) is 12.6. The fraction of sp³-hybridized carbons (Fsp3) is 0.167. The maximum Gasteiger partial charge on any atom is 0.325 e. The number of ether oxygens (including phenoxy) is 1. The number of carbonyl (C=O) groups is 1. The first-order valence-electron chi connectivity index (χ1n) is 8.21. The average molecular weight is 388 g/mol. The van der Waals surface area contributed by atoms with Crippen LogP contribution >= 0.6 is 11.6 Å². The number of nitrogens with one attached hydrogen (secondary N) is 3. The predicted octanol–water partition coefficient (Wildman–Crippen LogP) is 4.82. The molecule has 2 amide bonds. The molecule has 0 atom stereocenters. The molecule has 0 aliphatic heterocycles. The number of halogens is 1. The van der Waals surface area contributed by atoms with E-state index in [0.717, 1.165) is 0 Å². The molecular formula is C18H18ClN5O3. The quantitative estimate of drug-likeness (QED) is 0.560. The molecule has 3 aromatic rings. The van der Waals surface area contributed by atoms with Crippen molar-refractivity contribution in [1.82, 2.24) is 10.1 Å². The average Bonchev–Trinajstić information content (AvgIpc) is 3.04. The monoisotopic (exact) mass is 387 g/mol. The fourth-order valence-electron chi connectivity index (χ4n) is 2.30. The Morgan fingerprint density at radius 1 is 1.19 bits per heavy atom. The van der Waals surface area contributed by atoms with Crippen LogP contribution in [0.25, 0.3) is 0 Å². The highest BCUT2D eigenvalue weighted by atomic mass is 35.5. The molecule has 2 aromatic heterocycles. The van der Waals surface area contributed by atoms with Crippen molar-refractivity contribution in [3.63, 3.8) is 0 Å². The van der Waals surface area contributed by atoms with E-state index in [0.29, 0.717) is 46.1 Å². The summed E-state index contributed by atoms with van der Waals surface area (Å²) in [5.74, 6) is 2.00. The SMILES string of the molecule is CCOc1cc(Nc2ccccn2)c(NC(=O)Nc2cc(C)on2)cc1Cl. The molecule has 9 heteroatoms. The van der Waals surface area contributed by atoms with Gasteiger partial charge in [0.15, 0.2) is 5.82 Å². The second kappa shape index (κ2) is 8.41. The van der Waals surface area contributed by atoms with E-state index >= 15 is 0 Å². The number of urea groups is 1. The van der Waals surface area contributed by atoms with E-state index < -0.39 is 6.03 Å². The van der Waals surface area contributed by atoms with Gasteiger partial charge in [-0.05, 0) is 32.0 Å². The Hall–Kier alpha value is -3.26. The Morgan fingerprint density at radius 2 is 2.04 bits per heavy atom. The summed E-state index contributed by atoms with van der Waals surface area (Å²) < 4.78 is 10.5. The number of hydrogen-bond acceptors (Lipinski definition) is 6. The van der Waals surface area contributed by atoms with Crippen LogP contribution in [0.5, 0.6) is 5.75 Å². The molecule has 0 fully saturated rings. The van der Waals surface area contributed by atoms with E-state index in [1.807, 2.05) is 19.1 Å². The van der Waals surface area contributed by atoms with Gasteiger partial charge in [-0.1, -0.05) is 22.8 Å². The first-order chi connectivity index (χ1) is 13.0. The number of pyridine rings is 1. The molecule has 0 unspecified atom stereocenters. The van der Waals surface area contributed by atoms with Crippen molar-refractivity contribution < 1.29 is 14.1 Å². The van der Waals surface area contributed by atoms with E-state index in [-0.39, 0.29) is 0 Å². The van der Waals surface area contributed by atoms with Crippen molar-refractivity contribution in [1.29, 1.82) is 0 Å². The number of rotatable bonds is 6. The minimum Gasteiger partial charge on any atom is -0.492 e. The van der Waals surface area contributed by atoms with Crippen LogP contribution in [0.1, 0.15) is 12.7 Å². The van der Waals surface area contributed by atoms with Crippen molar-refractivity contribution >= 4 is 40.6 Å². The molecule has 27 heavy (non-hydrogen) atoms. The summed E-state index contributed by atoms with van der Waals surface area (Å²) in [5.41, 5.74) is 1.03. The van der Waals surface area contributed by atoms with Crippen molar-refractivity contribution in [2.75, 3.05) is 22.6 Å². The highest BCUT2D eigenvalue weighted by molar-refractivity contribution is 6.32. The lowest BCUT2D eigenvalue weighted by Gasteiger charge is -2.16. The largest absolute Gasteiger partial charge is 0.492 e. The van der Waals surface area contributed by atoms with Crippen LogP contribution in [0.4, 0.5) is 27.8 Å². The Kier molecular flexibility index (Phi) is 5.77. The van der Waals surface area contributed by atoms with Gasteiger partial charge in [0.05, 0.1) is 23.0 Å². The minimum absolute atomic E-state index is 0.307. The van der Waals surface area contributed by atoms with Crippen molar-refractivity contribution in [3.8, 4) is 5.75 Å². The van der Waals surface area contributed by atoms with Crippen molar-refractivity contribution in [2.45, 2.75) is 13.8 Å². The van der Waals surface area contributed by atoms with Gasteiger partial charge in [0.1, 0.15) is 17.3 Å². The molecule has 2 heterocycles. The Morgan fingerprint density at radius 3 is 2.70 bits per heavy atom. The lowest BCUT2D eigenvalue weighted by atomic mass is 10.2. The standard InChI is InChI=1S/C18H18ClN5O3/c1-3-26-15-10-14(21-16-6-4-5-7-20-16)13(9-12(15)19)22-18(25)23-17-8-11(2)27-24-17/h4-10H,3H2,1-2H3,(H,20,21)(H2,22,23,24,25). The van der Waals surface area contributed by atoms with Gasteiger partial charge in [0, 0.05) is 18.3 Å². The maximum atomic E-state index is 12.3. The number of anilines is 4. The van der Waals surface area contributed by atoms with Gasteiger partial charge in [0.25, 0.3) is 0 Å². The Bertz CT molecular complexity index is 930. The molecule has 0 aliphatic rings. The molecule has 1 aromatic carbocycles. The number of amides is 2. The molecule has 140 valence electrons. The topological polar surface area (TPSA) is 101 Å². The molecule has 3 N–H and O–H groups in total. The van der Waals surface area contributed by atoms with Crippen LogP contribution in [-0.4, -0.2) is 22.8 Å². The number of aryl methyl sites for hydroxylation is 1. The molecule has 0 saturated heterocycles. The van der Waals surface area contributed by atoms with E-state index in [9.17, 15) is 4.79 Å². The van der Waals surface area contributed by atoms with E-state index in [1.54, 1.807) is 37.4 Å². The molecule has 0 spiro atoms. The third-order valence-corrected chi connectivity index (χ3v) is 3.71. The molecule has 8 nitrogen and oxygen atoms in total. The molecule has 3 rings (SSSR count). The highest BCUT2D eigenvalue weighted by Crippen LogP contribution is 2.36. The molecule has 0 radical (unpaired) electrons. The highest BCUT2D eigenvalue weighted by Gasteiger charge is 2.14. The Balaban J connectivity index is 1.85. The summed E-state index contributed by atoms with van der Waals surface area (Å²) in [6.45, 7) is 4.06. The zero-order valence-corrected chi connectivity index (χ0v) is 15.5. The smallest absolute Gasteiger partial charge is 0.325 e. The number of benzene rings is 1. The van der Waals surface area contributed by atoms with Crippen LogP contribution in [0.15, 0.2) is 47.1 Å². The number of hydrogen-bond donors (Lipinski definition) is 3. The first-order valence-corrected chi connectivity index (χ1v) is 8.58. The second-order valence-electron chi connectivity index (χ2n) is 5.50. The van der Waals surface area contributed by atoms with E-state index in [4.69, 9.17) is 20.9 Å². The normalized spacial score (nSPS) is 10.3. The zero-order chi connectivity index (χ0) is 19.2. The third kappa shape index (κ3) is 4.89. The van der Waals surface area contributed by atoms with Gasteiger partial charge in [-0.2, -0.15) is 0 Å². The van der Waals surface area contributed by atoms with Crippen molar-refractivity contribution in [3.05, 3.63) is 53.4 Å². The molecule has 0 bridgehead atoms. The van der Waals surface area contributed by atoms with Crippen LogP contribution in [-0.2, 0) is 0 Å². The van der Waals surface area contributed by atoms with Crippen LogP contribution in [0.3, 0.4) is 0 Å². The minimum atomic E-state index is -0.493. The Labute approximate surface area is 160 Å². The predicted molar refractivity (Wildman–Crippen MR) is 104 cm³/mol. The molecule has 0 saturated carbocycles. The van der Waals surface area contributed by atoms with Gasteiger partial charge in [-0.3, -0.25) is 5.32 Å². The maximum absolute atomic E-state index is 12.3.